The van der Waals surface area contributed by atoms with Gasteiger partial charge in [0.15, 0.2) is 0 Å². The van der Waals surface area contributed by atoms with Gasteiger partial charge in [0.1, 0.15) is 0 Å². The second kappa shape index (κ2) is 3.92. The van der Waals surface area contributed by atoms with Crippen LogP contribution >= 0.6 is 11.6 Å². The van der Waals surface area contributed by atoms with E-state index in [1.807, 2.05) is 11.9 Å². The van der Waals surface area contributed by atoms with Crippen molar-refractivity contribution in [3.63, 3.8) is 0 Å². The third kappa shape index (κ3) is 2.40. The monoisotopic (exact) mass is 205 g/mol. The highest BCUT2D eigenvalue weighted by Crippen LogP contribution is 2.27. The largest absolute Gasteiger partial charge is 0.316 e. The second-order valence-corrected chi connectivity index (χ2v) is 4.13. The van der Waals surface area contributed by atoms with Crippen molar-refractivity contribution in [2.75, 3.05) is 7.05 Å². The second-order valence-electron chi connectivity index (χ2n) is 3.71. The Hall–Kier alpha value is -0.160. The lowest BCUT2D eigenvalue weighted by molar-refractivity contribution is -0.115. The van der Waals surface area contributed by atoms with Gasteiger partial charge in [-0.2, -0.15) is 0 Å². The molecule has 4 N–H and O–H groups in total. The van der Waals surface area contributed by atoms with E-state index >= 15 is 0 Å². The van der Waals surface area contributed by atoms with Crippen LogP contribution in [-0.2, 0) is 4.79 Å². The van der Waals surface area contributed by atoms with Gasteiger partial charge in [0.05, 0.1) is 18.2 Å². The first-order valence-corrected chi connectivity index (χ1v) is 4.79. The van der Waals surface area contributed by atoms with E-state index in [-0.39, 0.29) is 12.6 Å². The van der Waals surface area contributed by atoms with Gasteiger partial charge in [-0.3, -0.25) is 9.69 Å². The van der Waals surface area contributed by atoms with Crippen LogP contribution in [0.4, 0.5) is 0 Å². The number of rotatable bonds is 2. The van der Waals surface area contributed by atoms with Crippen LogP contribution in [0.5, 0.6) is 0 Å². The molecule has 2 unspecified atom stereocenters. The van der Waals surface area contributed by atoms with Crippen LogP contribution in [0.1, 0.15) is 25.7 Å². The first kappa shape index (κ1) is 10.9. The number of hydrogen-bond acceptors (Lipinski definition) is 4. The molecule has 0 aromatic rings. The van der Waals surface area contributed by atoms with Crippen LogP contribution in [0.15, 0.2) is 0 Å². The van der Waals surface area contributed by atoms with E-state index in [2.05, 4.69) is 0 Å². The summed E-state index contributed by atoms with van der Waals surface area (Å²) in [6.07, 6.45) is 2.75. The van der Waals surface area contributed by atoms with Crippen LogP contribution in [-0.4, -0.2) is 29.0 Å². The predicted octanol–water partition coefficient (Wildman–Crippen LogP) is 0.197. The van der Waals surface area contributed by atoms with E-state index in [0.717, 1.165) is 19.3 Å². The van der Waals surface area contributed by atoms with Gasteiger partial charge >= 0.3 is 0 Å². The first-order valence-electron chi connectivity index (χ1n) is 4.41. The van der Waals surface area contributed by atoms with E-state index in [1.54, 1.807) is 0 Å². The maximum absolute atomic E-state index is 10.8. The molecule has 0 saturated carbocycles. The summed E-state index contributed by atoms with van der Waals surface area (Å²) >= 11 is 5.33. The molecule has 13 heavy (non-hydrogen) atoms. The third-order valence-electron chi connectivity index (χ3n) is 2.75. The number of likely N-dealkylation sites (tertiary alicyclic amines) is 1. The summed E-state index contributed by atoms with van der Waals surface area (Å²) in [4.78, 5) is 12.6. The fraction of sp³-hybridized carbons (Fsp3) is 0.875. The van der Waals surface area contributed by atoms with Crippen LogP contribution in [0.3, 0.4) is 0 Å². The average molecular weight is 206 g/mol. The number of hydrogen-bond donors (Lipinski definition) is 2. The summed E-state index contributed by atoms with van der Waals surface area (Å²) < 4.78 is 0. The van der Waals surface area contributed by atoms with E-state index in [1.165, 1.54) is 0 Å². The Labute approximate surface area is 83.2 Å². The molecule has 1 aliphatic rings. The summed E-state index contributed by atoms with van der Waals surface area (Å²) in [5.41, 5.74) is 11.2. The number of nitrogens with zero attached hydrogens (tertiary/aromatic N) is 1. The predicted molar refractivity (Wildman–Crippen MR) is 52.0 cm³/mol. The molecule has 2 atom stereocenters. The molecule has 0 amide bonds. The van der Waals surface area contributed by atoms with Gasteiger partial charge in [-0.25, -0.2) is 0 Å². The van der Waals surface area contributed by atoms with Crippen LogP contribution in [0.25, 0.3) is 0 Å². The molecule has 76 valence electrons. The highest BCUT2D eigenvalue weighted by Gasteiger charge is 2.37. The van der Waals surface area contributed by atoms with Crippen molar-refractivity contribution in [3.05, 3.63) is 0 Å². The van der Waals surface area contributed by atoms with Crippen molar-refractivity contribution in [1.29, 1.82) is 0 Å². The molecule has 0 radical (unpaired) electrons. The lowest BCUT2D eigenvalue weighted by atomic mass is 9.92. The Morgan fingerprint density at radius 1 is 1.77 bits per heavy atom. The number of nitrogens with two attached hydrogens (primary N) is 2. The number of piperidine rings is 1. The summed E-state index contributed by atoms with van der Waals surface area (Å²) in [5.74, 6) is 0. The molecule has 0 aromatic carbocycles. The molecule has 0 bridgehead atoms. The molecule has 0 aromatic heterocycles. The lowest BCUT2D eigenvalue weighted by Crippen LogP contribution is -2.63. The maximum Gasteiger partial charge on any atom is 0.224 e. The Morgan fingerprint density at radius 2 is 2.38 bits per heavy atom. The maximum atomic E-state index is 10.8. The van der Waals surface area contributed by atoms with E-state index in [9.17, 15) is 4.79 Å². The Morgan fingerprint density at radius 3 is 2.92 bits per heavy atom. The minimum atomic E-state index is -0.642. The summed E-state index contributed by atoms with van der Waals surface area (Å²) in [6.45, 7) is 0. The molecule has 1 saturated heterocycles. The highest BCUT2D eigenvalue weighted by atomic mass is 35.5. The Kier molecular flexibility index (Phi) is 3.29. The summed E-state index contributed by atoms with van der Waals surface area (Å²) in [5, 5.41) is -0.400. The first-order chi connectivity index (χ1) is 5.96. The smallest absolute Gasteiger partial charge is 0.224 e. The van der Waals surface area contributed by atoms with Crippen molar-refractivity contribution in [1.82, 2.24) is 4.90 Å². The SMILES string of the molecule is CN1C(N)CCCC1(N)CC(=O)Cl. The van der Waals surface area contributed by atoms with Gasteiger partial charge in [0.2, 0.25) is 5.24 Å². The molecule has 1 aliphatic heterocycles. The summed E-state index contributed by atoms with van der Waals surface area (Å²) in [7, 11) is 1.84. The van der Waals surface area contributed by atoms with Gasteiger partial charge in [-0.05, 0) is 37.9 Å². The molecule has 1 fully saturated rings. The van der Waals surface area contributed by atoms with Crippen molar-refractivity contribution < 1.29 is 4.79 Å². The summed E-state index contributed by atoms with van der Waals surface area (Å²) in [6, 6.07) is 0. The zero-order valence-corrected chi connectivity index (χ0v) is 8.55. The fourth-order valence-corrected chi connectivity index (χ4v) is 2.00. The topological polar surface area (TPSA) is 72.3 Å². The quantitative estimate of drug-likeness (QED) is 0.632. The number of carbonyl (C=O) groups excluding carboxylic acids is 1. The van der Waals surface area contributed by atoms with E-state index in [0.29, 0.717) is 0 Å². The number of carbonyl (C=O) groups is 1. The third-order valence-corrected chi connectivity index (χ3v) is 2.89. The molecular formula is C8H16ClN3O. The molecule has 1 rings (SSSR count). The van der Waals surface area contributed by atoms with Gasteiger partial charge in [-0.1, -0.05) is 0 Å². The molecule has 5 heteroatoms. The minimum absolute atomic E-state index is 0.0604. The zero-order valence-electron chi connectivity index (χ0n) is 7.79. The van der Waals surface area contributed by atoms with E-state index < -0.39 is 10.9 Å². The van der Waals surface area contributed by atoms with Crippen LogP contribution in [0.2, 0.25) is 0 Å². The average Bonchev–Trinajstić information content (AvgIpc) is 1.99. The normalized spacial score (nSPS) is 36.2. The molecule has 0 aliphatic carbocycles. The molecule has 4 nitrogen and oxygen atoms in total. The van der Waals surface area contributed by atoms with Gasteiger partial charge in [-0.15, -0.1) is 0 Å². The fourth-order valence-electron chi connectivity index (χ4n) is 1.77. The highest BCUT2D eigenvalue weighted by molar-refractivity contribution is 6.63. The van der Waals surface area contributed by atoms with Crippen molar-refractivity contribution in [3.8, 4) is 0 Å². The Bertz CT molecular complexity index is 212. The lowest BCUT2D eigenvalue weighted by Gasteiger charge is -2.45. The van der Waals surface area contributed by atoms with Gasteiger partial charge < -0.3 is 11.5 Å². The van der Waals surface area contributed by atoms with Gasteiger partial charge in [0, 0.05) is 0 Å². The zero-order chi connectivity index (χ0) is 10.1. The molecule has 1 heterocycles. The number of halogens is 1. The van der Waals surface area contributed by atoms with Crippen LogP contribution in [0, 0.1) is 0 Å². The van der Waals surface area contributed by atoms with Crippen molar-refractivity contribution in [2.45, 2.75) is 37.5 Å². The van der Waals surface area contributed by atoms with Crippen molar-refractivity contribution in [2.24, 2.45) is 11.5 Å². The van der Waals surface area contributed by atoms with Crippen LogP contribution < -0.4 is 11.5 Å². The van der Waals surface area contributed by atoms with E-state index in [4.69, 9.17) is 23.1 Å². The minimum Gasteiger partial charge on any atom is -0.316 e. The molecule has 0 spiro atoms. The Balaban J connectivity index is 2.69. The van der Waals surface area contributed by atoms with Gasteiger partial charge in [0.25, 0.3) is 0 Å². The molecular weight excluding hydrogens is 190 g/mol. The standard InChI is InChI=1S/C8H16ClN3O/c1-12-7(10)3-2-4-8(12,11)5-6(9)13/h7H,2-5,10-11H2,1H3. The van der Waals surface area contributed by atoms with Crippen molar-refractivity contribution >= 4 is 16.8 Å².